The molecule has 3 heterocycles. The van der Waals surface area contributed by atoms with E-state index in [1.807, 2.05) is 37.3 Å². The number of methoxy groups -OCH3 is 1. The van der Waals surface area contributed by atoms with Gasteiger partial charge in [0.05, 0.1) is 23.9 Å². The van der Waals surface area contributed by atoms with Gasteiger partial charge in [-0.2, -0.15) is 0 Å². The number of ether oxygens (including phenoxy) is 1. The number of fused-ring (bicyclic) bond motifs is 1. The molecule has 11 heteroatoms. The van der Waals surface area contributed by atoms with Crippen molar-refractivity contribution in [2.75, 3.05) is 25.5 Å². The summed E-state index contributed by atoms with van der Waals surface area (Å²) in [6.45, 7) is 3.18. The van der Waals surface area contributed by atoms with Gasteiger partial charge in [-0.25, -0.2) is 9.78 Å². The highest BCUT2D eigenvalue weighted by molar-refractivity contribution is 6.36. The Hall–Kier alpha value is -4.25. The lowest BCUT2D eigenvalue weighted by Crippen LogP contribution is -2.51. The number of nitrogens with zero attached hydrogens (tertiary/aromatic N) is 4. The van der Waals surface area contributed by atoms with E-state index in [0.29, 0.717) is 35.4 Å². The van der Waals surface area contributed by atoms with Gasteiger partial charge in [0.2, 0.25) is 5.88 Å². The van der Waals surface area contributed by atoms with Gasteiger partial charge in [-0.1, -0.05) is 41.9 Å². The van der Waals surface area contributed by atoms with Gasteiger partial charge < -0.3 is 19.7 Å². The number of hydrogen-bond donors (Lipinski definition) is 2. The summed E-state index contributed by atoms with van der Waals surface area (Å²) in [5, 5.41) is 13.2. The minimum absolute atomic E-state index is 0.140. The van der Waals surface area contributed by atoms with Crippen LogP contribution in [0.1, 0.15) is 39.5 Å². The number of β-amino-alcohol motifs (C(OH)–C–C–N with tert-alkyl or cyclic N) is 1. The van der Waals surface area contributed by atoms with Gasteiger partial charge in [0.15, 0.2) is 0 Å². The summed E-state index contributed by atoms with van der Waals surface area (Å²) in [5.74, 6) is -0.0416. The van der Waals surface area contributed by atoms with Crippen molar-refractivity contribution in [1.29, 1.82) is 0 Å². The quantitative estimate of drug-likeness (QED) is 0.346. The molecule has 1 atom stereocenters. The SMILES string of the molecule is COc1nc(-c2cccc(-c3cccc(NC(=O)c4cn(C)c(=O)n(C)c4=O)c3C)c2Cl)cc2c1[C@@H](N1CC(O)C1)CC2. The maximum absolute atomic E-state index is 13.1. The molecule has 222 valence electrons. The normalized spacial score (nSPS) is 16.6. The van der Waals surface area contributed by atoms with Crippen molar-refractivity contribution in [3.05, 3.63) is 96.8 Å². The summed E-state index contributed by atoms with van der Waals surface area (Å²) >= 11 is 7.07. The third-order valence-corrected chi connectivity index (χ3v) is 8.90. The van der Waals surface area contributed by atoms with Crippen LogP contribution in [0.2, 0.25) is 5.02 Å². The van der Waals surface area contributed by atoms with Crippen LogP contribution in [-0.4, -0.2) is 56.3 Å². The van der Waals surface area contributed by atoms with Gasteiger partial charge in [0.1, 0.15) is 5.56 Å². The fourth-order valence-corrected chi connectivity index (χ4v) is 6.46. The molecule has 0 unspecified atom stereocenters. The second-order valence-corrected chi connectivity index (χ2v) is 11.5. The molecule has 10 nitrogen and oxygen atoms in total. The van der Waals surface area contributed by atoms with Gasteiger partial charge in [-0.05, 0) is 48.6 Å². The Balaban J connectivity index is 1.34. The monoisotopic (exact) mass is 601 g/mol. The minimum atomic E-state index is -0.670. The number of likely N-dealkylation sites (tertiary alicyclic amines) is 1. The van der Waals surface area contributed by atoms with E-state index in [1.165, 1.54) is 30.4 Å². The Kier molecular flexibility index (Phi) is 7.45. The Bertz CT molecular complexity index is 1890. The highest BCUT2D eigenvalue weighted by atomic mass is 35.5. The Morgan fingerprint density at radius 2 is 1.79 bits per heavy atom. The van der Waals surface area contributed by atoms with E-state index in [2.05, 4.69) is 16.3 Å². The number of carbonyl (C=O) groups excluding carboxylic acids is 1. The molecule has 1 saturated heterocycles. The summed E-state index contributed by atoms with van der Waals surface area (Å²) < 4.78 is 7.86. The molecule has 0 saturated carbocycles. The molecule has 2 N–H and O–H groups in total. The first-order valence-corrected chi connectivity index (χ1v) is 14.4. The highest BCUT2D eigenvalue weighted by Crippen LogP contribution is 2.45. The summed E-state index contributed by atoms with van der Waals surface area (Å²) in [4.78, 5) is 44.9. The average molecular weight is 602 g/mol. The van der Waals surface area contributed by atoms with E-state index in [9.17, 15) is 19.5 Å². The van der Waals surface area contributed by atoms with Crippen LogP contribution in [0.5, 0.6) is 5.88 Å². The number of aliphatic hydroxyl groups is 1. The van der Waals surface area contributed by atoms with Gasteiger partial charge in [0, 0.05) is 61.8 Å². The average Bonchev–Trinajstić information content (AvgIpc) is 3.40. The number of rotatable bonds is 6. The predicted molar refractivity (Wildman–Crippen MR) is 165 cm³/mol. The third-order valence-electron chi connectivity index (χ3n) is 8.49. The van der Waals surface area contributed by atoms with Crippen LogP contribution in [0.15, 0.2) is 58.3 Å². The maximum atomic E-state index is 13.1. The van der Waals surface area contributed by atoms with Crippen molar-refractivity contribution in [2.24, 2.45) is 14.1 Å². The van der Waals surface area contributed by atoms with Crippen LogP contribution in [-0.2, 0) is 20.5 Å². The molecular formula is C32H32ClN5O5. The fraction of sp³-hybridized carbons (Fsp3) is 0.312. The minimum Gasteiger partial charge on any atom is -0.481 e. The summed E-state index contributed by atoms with van der Waals surface area (Å²) in [7, 11) is 4.45. The number of aryl methyl sites for hydroxylation is 2. The number of hydrogen-bond acceptors (Lipinski definition) is 7. The smallest absolute Gasteiger partial charge is 0.330 e. The molecule has 2 aliphatic rings. The van der Waals surface area contributed by atoms with Crippen LogP contribution in [0, 0.1) is 6.92 Å². The summed E-state index contributed by atoms with van der Waals surface area (Å²) in [5.41, 5.74) is 5.23. The first kappa shape index (κ1) is 28.9. The maximum Gasteiger partial charge on any atom is 0.330 e. The lowest BCUT2D eigenvalue weighted by Gasteiger charge is -2.40. The van der Waals surface area contributed by atoms with E-state index < -0.39 is 17.2 Å². The second-order valence-electron chi connectivity index (χ2n) is 11.2. The molecule has 1 aliphatic heterocycles. The first-order chi connectivity index (χ1) is 20.6. The molecule has 2 aromatic carbocycles. The molecule has 1 amide bonds. The van der Waals surface area contributed by atoms with Crippen LogP contribution in [0.4, 0.5) is 5.69 Å². The number of nitrogens with one attached hydrogen (secondary N) is 1. The lowest BCUT2D eigenvalue weighted by atomic mass is 9.95. The number of benzene rings is 2. The highest BCUT2D eigenvalue weighted by Gasteiger charge is 2.38. The Labute approximate surface area is 253 Å². The zero-order valence-corrected chi connectivity index (χ0v) is 25.1. The number of aromatic nitrogens is 3. The van der Waals surface area contributed by atoms with E-state index in [0.717, 1.165) is 45.2 Å². The van der Waals surface area contributed by atoms with Crippen molar-refractivity contribution in [1.82, 2.24) is 19.0 Å². The number of halogens is 1. The van der Waals surface area contributed by atoms with Gasteiger partial charge in [0.25, 0.3) is 11.5 Å². The molecule has 0 radical (unpaired) electrons. The van der Waals surface area contributed by atoms with Crippen LogP contribution in [0.25, 0.3) is 22.4 Å². The molecule has 1 aliphatic carbocycles. The zero-order chi connectivity index (χ0) is 30.6. The summed E-state index contributed by atoms with van der Waals surface area (Å²) in [6.07, 6.45) is 2.79. The lowest BCUT2D eigenvalue weighted by molar-refractivity contribution is -0.0256. The van der Waals surface area contributed by atoms with Crippen molar-refractivity contribution in [3.63, 3.8) is 0 Å². The van der Waals surface area contributed by atoms with E-state index in [1.54, 1.807) is 13.2 Å². The molecule has 43 heavy (non-hydrogen) atoms. The van der Waals surface area contributed by atoms with Crippen LogP contribution in [0.3, 0.4) is 0 Å². The topological polar surface area (TPSA) is 119 Å². The van der Waals surface area contributed by atoms with Crippen LogP contribution >= 0.6 is 11.6 Å². The van der Waals surface area contributed by atoms with Crippen molar-refractivity contribution < 1.29 is 14.6 Å². The molecule has 0 bridgehead atoms. The van der Waals surface area contributed by atoms with Crippen molar-refractivity contribution in [3.8, 4) is 28.3 Å². The second kappa shape index (κ2) is 11.1. The largest absolute Gasteiger partial charge is 0.481 e. The number of amides is 1. The number of carbonyl (C=O) groups is 1. The molecular weight excluding hydrogens is 570 g/mol. The van der Waals surface area contributed by atoms with Gasteiger partial charge in [-0.15, -0.1) is 0 Å². The molecule has 6 rings (SSSR count). The standard InChI is InChI=1S/C32H32ClN5O5/c1-17-20(7-6-10-24(17)34-29(40)23-16-36(2)32(42)37(3)31(23)41)21-8-5-9-22(28(21)33)25-13-18-11-12-26(38-14-19(39)15-38)27(18)30(35-25)43-4/h5-10,13,16,19,26,39H,11-12,14-15H2,1-4H3,(H,34,40)/t26-/m0/s1. The third kappa shape index (κ3) is 4.95. The first-order valence-electron chi connectivity index (χ1n) is 14.1. The van der Waals surface area contributed by atoms with Crippen LogP contribution < -0.4 is 21.3 Å². The van der Waals surface area contributed by atoms with Gasteiger partial charge in [-0.3, -0.25) is 19.1 Å². The van der Waals surface area contributed by atoms with Gasteiger partial charge >= 0.3 is 5.69 Å². The Morgan fingerprint density at radius 3 is 2.51 bits per heavy atom. The molecule has 0 spiro atoms. The van der Waals surface area contributed by atoms with Crippen molar-refractivity contribution >= 4 is 23.2 Å². The van der Waals surface area contributed by atoms with E-state index in [4.69, 9.17) is 21.3 Å². The van der Waals surface area contributed by atoms with E-state index in [-0.39, 0.29) is 17.7 Å². The number of aliphatic hydroxyl groups excluding tert-OH is 1. The molecule has 1 fully saturated rings. The zero-order valence-electron chi connectivity index (χ0n) is 24.3. The summed E-state index contributed by atoms with van der Waals surface area (Å²) in [6, 6.07) is 13.5. The predicted octanol–water partition coefficient (Wildman–Crippen LogP) is 3.70. The fourth-order valence-electron chi connectivity index (χ4n) is 6.14. The van der Waals surface area contributed by atoms with E-state index >= 15 is 0 Å². The number of pyridine rings is 1. The molecule has 2 aromatic heterocycles. The molecule has 4 aromatic rings. The van der Waals surface area contributed by atoms with Crippen molar-refractivity contribution in [2.45, 2.75) is 31.9 Å². The Morgan fingerprint density at radius 1 is 1.09 bits per heavy atom. The number of anilines is 1.